The second kappa shape index (κ2) is 28.6. The van der Waals surface area contributed by atoms with Gasteiger partial charge in [-0.3, -0.25) is 4.90 Å². The van der Waals surface area contributed by atoms with Crippen LogP contribution in [-0.2, 0) is 71.7 Å². The van der Waals surface area contributed by atoms with Gasteiger partial charge in [0, 0.05) is 18.4 Å². The van der Waals surface area contributed by atoms with Crippen molar-refractivity contribution in [3.8, 4) is 5.75 Å². The molecule has 4 rings (SSSR count). The number of carbonyl (C=O) groups is 8. The Morgan fingerprint density at radius 2 is 0.931 bits per heavy atom. The van der Waals surface area contributed by atoms with E-state index in [2.05, 4.69) is 0 Å². The number of carbonyl (C=O) groups excluding carboxylic acids is 8. The summed E-state index contributed by atoms with van der Waals surface area (Å²) in [5.74, 6) is -3.38. The number of cyclic esters (lactones) is 1. The van der Waals surface area contributed by atoms with Gasteiger partial charge in [-0.25, -0.2) is 42.9 Å². The zero-order valence-corrected chi connectivity index (χ0v) is 55.2. The average Bonchev–Trinajstić information content (AvgIpc) is 0.932. The molecule has 2 aromatic carbocycles. The van der Waals surface area contributed by atoms with Crippen molar-refractivity contribution in [1.29, 1.82) is 0 Å². The molecule has 1 aromatic heterocycles. The summed E-state index contributed by atoms with van der Waals surface area (Å²) in [6.45, 7) is 33.9. The maximum absolute atomic E-state index is 15.0. The summed E-state index contributed by atoms with van der Waals surface area (Å²) in [5, 5.41) is 15.0. The van der Waals surface area contributed by atoms with Crippen LogP contribution in [-0.4, -0.2) is 120 Å². The first kappa shape index (κ1) is 72.0. The minimum absolute atomic E-state index is 0.108. The van der Waals surface area contributed by atoms with Crippen LogP contribution in [0.15, 0.2) is 73.1 Å². The zero-order chi connectivity index (χ0) is 66.0. The Balaban J connectivity index is 1.88. The monoisotopic (exact) mass is 1220 g/mol. The van der Waals surface area contributed by atoms with Crippen molar-refractivity contribution < 1.29 is 85.9 Å². The topological polar surface area (TPSA) is 247 Å². The molecule has 0 bridgehead atoms. The summed E-state index contributed by atoms with van der Waals surface area (Å²) in [6.07, 6.45) is -3.56. The van der Waals surface area contributed by atoms with Gasteiger partial charge in [0.1, 0.15) is 69.9 Å². The van der Waals surface area contributed by atoms with Crippen molar-refractivity contribution in [2.45, 2.75) is 266 Å². The molecule has 87 heavy (non-hydrogen) atoms. The highest BCUT2D eigenvalue weighted by Crippen LogP contribution is 2.44. The van der Waals surface area contributed by atoms with Crippen LogP contribution >= 0.6 is 0 Å². The fourth-order valence-corrected chi connectivity index (χ4v) is 9.26. The van der Waals surface area contributed by atoms with Crippen LogP contribution in [0.5, 0.6) is 5.75 Å². The number of imide groups is 2. The molecule has 0 N–H and O–H groups in total. The SMILES string of the molecule is CC(C)(C)OC(=O)[C@H](CCc1c[n+](CCCCC[C@H]2C(=O)O[C@H](c3ccccc3)[C@H](c3ccccc3)N2C(=O)OC(C)(C)C)cc([O-])c1C[C@@H](C(=O)OC(C)(C)C)N(C(=O)OC(C)(C)C)C(=O)OC(C)(C)C)N(C(=O)OC(C)(C)C)C(=O)OC(C)(C)C. The number of aryl methyl sites for hydroxylation is 2. The Bertz CT molecular complexity index is 2820. The minimum atomic E-state index is -1.89. The summed E-state index contributed by atoms with van der Waals surface area (Å²) >= 11 is 0. The van der Waals surface area contributed by atoms with E-state index in [1.165, 1.54) is 11.1 Å². The first-order valence-corrected chi connectivity index (χ1v) is 29.7. The van der Waals surface area contributed by atoms with Crippen molar-refractivity contribution in [3.05, 3.63) is 95.3 Å². The van der Waals surface area contributed by atoms with Crippen LogP contribution in [0.25, 0.3) is 0 Å². The maximum Gasteiger partial charge on any atom is 0.420 e. The molecule has 0 saturated carbocycles. The van der Waals surface area contributed by atoms with Gasteiger partial charge in [0.2, 0.25) is 0 Å². The Kier molecular flexibility index (Phi) is 23.7. The smallest absolute Gasteiger partial charge is 0.420 e. The Morgan fingerprint density at radius 1 is 0.529 bits per heavy atom. The number of ether oxygens (including phenoxy) is 8. The molecule has 21 heteroatoms. The first-order chi connectivity index (χ1) is 39.7. The number of benzene rings is 2. The average molecular weight is 1220 g/mol. The second-order valence-corrected chi connectivity index (χ2v) is 28.7. The Labute approximate surface area is 514 Å². The molecule has 0 unspecified atom stereocenters. The lowest BCUT2D eigenvalue weighted by atomic mass is 9.90. The summed E-state index contributed by atoms with van der Waals surface area (Å²) in [7, 11) is 0. The Hall–Kier alpha value is -7.45. The molecular weight excluding hydrogens is 1120 g/mol. The zero-order valence-electron chi connectivity index (χ0n) is 55.2. The van der Waals surface area contributed by atoms with E-state index in [0.29, 0.717) is 34.6 Å². The highest BCUT2D eigenvalue weighted by molar-refractivity contribution is 5.95. The van der Waals surface area contributed by atoms with Gasteiger partial charge >= 0.3 is 48.4 Å². The molecule has 5 amide bonds. The van der Waals surface area contributed by atoms with Crippen LogP contribution in [0, 0.1) is 0 Å². The van der Waals surface area contributed by atoms with Crippen LogP contribution < -0.4 is 9.67 Å². The number of morpholine rings is 1. The van der Waals surface area contributed by atoms with Gasteiger partial charge in [-0.2, -0.15) is 9.80 Å². The van der Waals surface area contributed by atoms with Gasteiger partial charge in [-0.05, 0) is 194 Å². The van der Waals surface area contributed by atoms with E-state index in [-0.39, 0.29) is 30.5 Å². The van der Waals surface area contributed by atoms with Crippen molar-refractivity contribution in [2.24, 2.45) is 0 Å². The predicted octanol–water partition coefficient (Wildman–Crippen LogP) is 12.5. The van der Waals surface area contributed by atoms with E-state index in [4.69, 9.17) is 37.9 Å². The molecule has 482 valence electrons. The highest BCUT2D eigenvalue weighted by atomic mass is 16.6. The van der Waals surface area contributed by atoms with Crippen LogP contribution in [0.2, 0.25) is 0 Å². The number of nitrogens with zero attached hydrogens (tertiary/aromatic N) is 4. The molecule has 1 aliphatic heterocycles. The lowest BCUT2D eigenvalue weighted by Crippen LogP contribution is -2.55. The maximum atomic E-state index is 15.0. The van der Waals surface area contributed by atoms with E-state index < -0.39 is 136 Å². The third-order valence-corrected chi connectivity index (χ3v) is 12.4. The first-order valence-electron chi connectivity index (χ1n) is 29.7. The fourth-order valence-electron chi connectivity index (χ4n) is 9.26. The molecular formula is C66H96N4O17. The fraction of sp³-hybridized carbons (Fsp3) is 0.621. The lowest BCUT2D eigenvalue weighted by molar-refractivity contribution is -0.700. The van der Waals surface area contributed by atoms with Crippen molar-refractivity contribution in [1.82, 2.24) is 14.7 Å². The van der Waals surface area contributed by atoms with Gasteiger partial charge in [-0.15, -0.1) is 0 Å². The molecule has 0 spiro atoms. The van der Waals surface area contributed by atoms with E-state index in [1.807, 2.05) is 60.7 Å². The Morgan fingerprint density at radius 3 is 1.36 bits per heavy atom. The third-order valence-electron chi connectivity index (χ3n) is 12.4. The summed E-state index contributed by atoms with van der Waals surface area (Å²) in [4.78, 5) is 117. The number of pyridine rings is 1. The van der Waals surface area contributed by atoms with Crippen molar-refractivity contribution >= 4 is 48.4 Å². The van der Waals surface area contributed by atoms with E-state index >= 15 is 0 Å². The van der Waals surface area contributed by atoms with Gasteiger partial charge in [0.15, 0.2) is 18.5 Å². The predicted molar refractivity (Wildman–Crippen MR) is 321 cm³/mol. The van der Waals surface area contributed by atoms with E-state index in [0.717, 1.165) is 5.56 Å². The number of hydrogen-bond acceptors (Lipinski definition) is 17. The summed E-state index contributed by atoms with van der Waals surface area (Å²) in [6, 6.07) is 13.1. The molecule has 0 aliphatic carbocycles. The lowest BCUT2D eigenvalue weighted by Gasteiger charge is -2.45. The molecule has 3 aromatic rings. The molecule has 1 saturated heterocycles. The molecule has 5 atom stereocenters. The van der Waals surface area contributed by atoms with Crippen LogP contribution in [0.3, 0.4) is 0 Å². The van der Waals surface area contributed by atoms with Crippen LogP contribution in [0.4, 0.5) is 24.0 Å². The van der Waals surface area contributed by atoms with E-state index in [9.17, 15) is 43.5 Å². The van der Waals surface area contributed by atoms with Crippen molar-refractivity contribution in [3.63, 3.8) is 0 Å². The van der Waals surface area contributed by atoms with Gasteiger partial charge < -0.3 is 43.0 Å². The number of hydrogen-bond donors (Lipinski definition) is 0. The van der Waals surface area contributed by atoms with Crippen LogP contribution in [0.1, 0.15) is 212 Å². The standard InChI is InChI=1S/C66H96N4O17/c1-60(2,3)81-53(73)47(69(56(76)84-63(10,11)12)57(77)85-64(13,14)15)37-36-44-40-67(41-49(71)45(44)39-48(54(74)82-61(4,5)6)70(58(78)86-65(16,17)18)59(79)87-66(19,20)21)38-30-24-29-35-46-52(72)80-51(43-33-27-23-28-34-43)50(42-31-25-22-26-32-42)68(46)55(75)83-62(7,8)9/h22-23,25-28,31-34,40-41,46-48,50-51H,24,29-30,35-39H2,1-21H3/t46-,47-,48-,50-,51+/m0/s1. The summed E-state index contributed by atoms with van der Waals surface area (Å²) in [5.41, 5.74) is -6.45. The van der Waals surface area contributed by atoms with Gasteiger partial charge in [-0.1, -0.05) is 67.1 Å². The highest BCUT2D eigenvalue weighted by Gasteiger charge is 2.50. The minimum Gasteiger partial charge on any atom is -0.868 e. The second-order valence-electron chi connectivity index (χ2n) is 28.7. The van der Waals surface area contributed by atoms with E-state index in [1.54, 1.807) is 156 Å². The van der Waals surface area contributed by atoms with Crippen molar-refractivity contribution in [2.75, 3.05) is 0 Å². The molecule has 0 radical (unpaired) electrons. The quantitative estimate of drug-likeness (QED) is 0.0527. The number of amides is 5. The third kappa shape index (κ3) is 23.3. The van der Waals surface area contributed by atoms with Gasteiger partial charge in [0.25, 0.3) is 0 Å². The molecule has 1 aliphatic rings. The molecule has 2 heterocycles. The number of esters is 3. The normalized spacial score (nSPS) is 16.7. The summed E-state index contributed by atoms with van der Waals surface area (Å²) < 4.78 is 48.3. The number of unbranched alkanes of at least 4 members (excludes halogenated alkanes) is 2. The molecule has 1 fully saturated rings. The largest absolute Gasteiger partial charge is 0.868 e. The number of rotatable bonds is 17. The van der Waals surface area contributed by atoms with Gasteiger partial charge in [0.05, 0.1) is 0 Å². The molecule has 21 nitrogen and oxygen atoms in total. The number of aromatic nitrogens is 1.